The second kappa shape index (κ2) is 5.98. The Labute approximate surface area is 128 Å². The van der Waals surface area contributed by atoms with Crippen LogP contribution in [0.5, 0.6) is 0 Å². The van der Waals surface area contributed by atoms with E-state index in [9.17, 15) is 9.59 Å². The van der Waals surface area contributed by atoms with Crippen LogP contribution in [0.1, 0.15) is 72.6 Å². The molecule has 2 amide bonds. The average molecular weight is 294 g/mol. The first-order valence-electron chi connectivity index (χ1n) is 8.43. The minimum Gasteiger partial charge on any atom is -0.342 e. The van der Waals surface area contributed by atoms with Crippen molar-refractivity contribution in [1.82, 2.24) is 10.2 Å². The van der Waals surface area contributed by atoms with Crippen molar-refractivity contribution in [3.63, 3.8) is 0 Å². The maximum Gasteiger partial charge on any atom is 0.246 e. The average Bonchev–Trinajstić information content (AvgIpc) is 2.43. The first-order valence-corrected chi connectivity index (χ1v) is 8.43. The Kier molecular flexibility index (Phi) is 4.64. The van der Waals surface area contributed by atoms with Crippen molar-refractivity contribution in [3.8, 4) is 0 Å². The van der Waals surface area contributed by atoms with E-state index in [-0.39, 0.29) is 23.3 Å². The van der Waals surface area contributed by atoms with Crippen LogP contribution in [0, 0.1) is 5.41 Å². The Hall–Kier alpha value is -1.06. The molecular weight excluding hydrogens is 264 g/mol. The molecule has 1 spiro atoms. The van der Waals surface area contributed by atoms with Gasteiger partial charge in [0.05, 0.1) is 0 Å². The van der Waals surface area contributed by atoms with Gasteiger partial charge in [0.1, 0.15) is 11.6 Å². The van der Waals surface area contributed by atoms with Gasteiger partial charge < -0.3 is 10.2 Å². The normalized spacial score (nSPS) is 26.1. The van der Waals surface area contributed by atoms with Gasteiger partial charge in [-0.3, -0.25) is 9.59 Å². The van der Waals surface area contributed by atoms with Crippen LogP contribution in [0.3, 0.4) is 0 Å². The fourth-order valence-corrected chi connectivity index (χ4v) is 3.56. The summed E-state index contributed by atoms with van der Waals surface area (Å²) in [4.78, 5) is 27.5. The van der Waals surface area contributed by atoms with Gasteiger partial charge in [-0.2, -0.15) is 0 Å². The first kappa shape index (κ1) is 16.3. The highest BCUT2D eigenvalue weighted by Crippen LogP contribution is 2.38. The molecule has 1 saturated heterocycles. The van der Waals surface area contributed by atoms with Gasteiger partial charge in [-0.1, -0.05) is 47.0 Å². The van der Waals surface area contributed by atoms with Crippen LogP contribution in [0.2, 0.25) is 0 Å². The van der Waals surface area contributed by atoms with Gasteiger partial charge in [0, 0.05) is 6.54 Å². The van der Waals surface area contributed by atoms with Gasteiger partial charge in [0.15, 0.2) is 0 Å². The standard InChI is InChI=1S/C17H30N2O2/c1-5-13-14(20)19(12-11-16(2,3)4)17(15(21)18-13)9-7-6-8-10-17/h13H,5-12H2,1-4H3,(H,18,21). The molecule has 0 radical (unpaired) electrons. The minimum absolute atomic E-state index is 0.0857. The van der Waals surface area contributed by atoms with Gasteiger partial charge in [0.2, 0.25) is 11.8 Å². The highest BCUT2D eigenvalue weighted by atomic mass is 16.2. The van der Waals surface area contributed by atoms with Crippen LogP contribution in [0.4, 0.5) is 0 Å². The molecule has 1 aliphatic carbocycles. The maximum atomic E-state index is 12.8. The number of piperazine rings is 1. The third-order valence-corrected chi connectivity index (χ3v) is 4.98. The third-order valence-electron chi connectivity index (χ3n) is 4.98. The molecule has 0 aromatic heterocycles. The van der Waals surface area contributed by atoms with Crippen molar-refractivity contribution >= 4 is 11.8 Å². The first-order chi connectivity index (χ1) is 9.80. The van der Waals surface area contributed by atoms with E-state index in [1.165, 1.54) is 6.42 Å². The zero-order chi connectivity index (χ0) is 15.7. The zero-order valence-electron chi connectivity index (χ0n) is 14.0. The van der Waals surface area contributed by atoms with E-state index in [4.69, 9.17) is 0 Å². The number of amides is 2. The molecule has 1 saturated carbocycles. The molecule has 120 valence electrons. The molecule has 4 nitrogen and oxygen atoms in total. The number of nitrogens with zero attached hydrogens (tertiary/aromatic N) is 1. The molecule has 21 heavy (non-hydrogen) atoms. The van der Waals surface area contributed by atoms with Crippen molar-refractivity contribution in [2.75, 3.05) is 6.54 Å². The molecule has 0 aromatic carbocycles. The van der Waals surface area contributed by atoms with Crippen LogP contribution >= 0.6 is 0 Å². The molecule has 4 heteroatoms. The fourth-order valence-electron chi connectivity index (χ4n) is 3.56. The van der Waals surface area contributed by atoms with E-state index in [0.29, 0.717) is 13.0 Å². The van der Waals surface area contributed by atoms with E-state index in [1.54, 1.807) is 0 Å². The molecule has 2 rings (SSSR count). The summed E-state index contributed by atoms with van der Waals surface area (Å²) in [5.74, 6) is 0.214. The zero-order valence-corrected chi connectivity index (χ0v) is 14.0. The van der Waals surface area contributed by atoms with Crippen molar-refractivity contribution in [2.24, 2.45) is 5.41 Å². The molecule has 2 aliphatic rings. The number of carbonyl (C=O) groups is 2. The smallest absolute Gasteiger partial charge is 0.246 e. The monoisotopic (exact) mass is 294 g/mol. The Bertz CT molecular complexity index is 406. The van der Waals surface area contributed by atoms with Gasteiger partial charge >= 0.3 is 0 Å². The van der Waals surface area contributed by atoms with Crippen LogP contribution in [-0.2, 0) is 9.59 Å². The van der Waals surface area contributed by atoms with Crippen LogP contribution in [-0.4, -0.2) is 34.8 Å². The van der Waals surface area contributed by atoms with E-state index < -0.39 is 5.54 Å². The number of nitrogens with one attached hydrogen (secondary N) is 1. The lowest BCUT2D eigenvalue weighted by atomic mass is 9.76. The summed E-state index contributed by atoms with van der Waals surface area (Å²) < 4.78 is 0. The second-order valence-corrected chi connectivity index (χ2v) is 7.83. The molecule has 0 aromatic rings. The Morgan fingerprint density at radius 3 is 2.33 bits per heavy atom. The van der Waals surface area contributed by atoms with Crippen LogP contribution in [0.15, 0.2) is 0 Å². The van der Waals surface area contributed by atoms with E-state index in [2.05, 4.69) is 26.1 Å². The summed E-state index contributed by atoms with van der Waals surface area (Å²) >= 11 is 0. The van der Waals surface area contributed by atoms with E-state index in [1.807, 2.05) is 11.8 Å². The number of hydrogen-bond donors (Lipinski definition) is 1. The minimum atomic E-state index is -0.563. The van der Waals surface area contributed by atoms with Gasteiger partial charge in [-0.25, -0.2) is 0 Å². The van der Waals surface area contributed by atoms with Crippen molar-refractivity contribution < 1.29 is 9.59 Å². The van der Waals surface area contributed by atoms with Crippen molar-refractivity contribution in [3.05, 3.63) is 0 Å². The fraction of sp³-hybridized carbons (Fsp3) is 0.882. The topological polar surface area (TPSA) is 49.4 Å². The number of hydrogen-bond acceptors (Lipinski definition) is 2. The Morgan fingerprint density at radius 2 is 1.81 bits per heavy atom. The number of rotatable bonds is 3. The summed E-state index contributed by atoms with van der Waals surface area (Å²) in [7, 11) is 0. The molecule has 1 aliphatic heterocycles. The van der Waals surface area contributed by atoms with Gasteiger partial charge in [-0.15, -0.1) is 0 Å². The molecule has 1 unspecified atom stereocenters. The molecule has 2 fully saturated rings. The highest BCUT2D eigenvalue weighted by Gasteiger charge is 2.52. The van der Waals surface area contributed by atoms with Gasteiger partial charge in [0.25, 0.3) is 0 Å². The molecule has 0 bridgehead atoms. The molecular formula is C17H30N2O2. The number of carbonyl (C=O) groups excluding carboxylic acids is 2. The molecule has 1 heterocycles. The Morgan fingerprint density at radius 1 is 1.19 bits per heavy atom. The second-order valence-electron chi connectivity index (χ2n) is 7.83. The maximum absolute atomic E-state index is 12.8. The summed E-state index contributed by atoms with van der Waals surface area (Å²) in [6.45, 7) is 9.22. The lowest BCUT2D eigenvalue weighted by molar-refractivity contribution is -0.160. The van der Waals surface area contributed by atoms with E-state index >= 15 is 0 Å². The SMILES string of the molecule is CCC1NC(=O)C2(CCCCC2)N(CCC(C)(C)C)C1=O. The lowest BCUT2D eigenvalue weighted by Crippen LogP contribution is -2.71. The predicted molar refractivity (Wildman–Crippen MR) is 83.8 cm³/mol. The summed E-state index contributed by atoms with van der Waals surface area (Å²) in [6, 6.07) is -0.329. The summed E-state index contributed by atoms with van der Waals surface area (Å²) in [6.07, 6.45) is 6.52. The van der Waals surface area contributed by atoms with E-state index in [0.717, 1.165) is 32.1 Å². The van der Waals surface area contributed by atoms with Gasteiger partial charge in [-0.05, 0) is 31.1 Å². The van der Waals surface area contributed by atoms with Crippen molar-refractivity contribution in [2.45, 2.75) is 84.2 Å². The summed E-state index contributed by atoms with van der Waals surface area (Å²) in [5, 5.41) is 2.97. The third kappa shape index (κ3) is 3.24. The molecule has 1 atom stereocenters. The highest BCUT2D eigenvalue weighted by molar-refractivity contribution is 5.99. The predicted octanol–water partition coefficient (Wildman–Crippen LogP) is 2.86. The largest absolute Gasteiger partial charge is 0.342 e. The van der Waals surface area contributed by atoms with Crippen molar-refractivity contribution in [1.29, 1.82) is 0 Å². The Balaban J connectivity index is 2.26. The quantitative estimate of drug-likeness (QED) is 0.870. The molecule has 1 N–H and O–H groups in total. The summed E-state index contributed by atoms with van der Waals surface area (Å²) in [5.41, 5.74) is -0.391. The van der Waals surface area contributed by atoms with Crippen LogP contribution in [0.25, 0.3) is 0 Å². The van der Waals surface area contributed by atoms with Crippen LogP contribution < -0.4 is 5.32 Å². The lowest BCUT2D eigenvalue weighted by Gasteiger charge is -2.50.